The molecule has 6 heteroatoms. The van der Waals surface area contributed by atoms with Gasteiger partial charge in [0.25, 0.3) is 0 Å². The van der Waals surface area contributed by atoms with Crippen LogP contribution in [-0.4, -0.2) is 46.9 Å². The van der Waals surface area contributed by atoms with Crippen molar-refractivity contribution in [2.45, 2.75) is 13.0 Å². The van der Waals surface area contributed by atoms with E-state index in [2.05, 4.69) is 15.5 Å². The molecule has 1 fully saturated rings. The number of carbonyl (C=O) groups is 1. The quantitative estimate of drug-likeness (QED) is 0.712. The summed E-state index contributed by atoms with van der Waals surface area (Å²) in [4.78, 5) is 12.9. The highest BCUT2D eigenvalue weighted by atomic mass is 16.4. The normalized spacial score (nSPS) is 20.8. The van der Waals surface area contributed by atoms with Crippen molar-refractivity contribution in [3.63, 3.8) is 0 Å². The third kappa shape index (κ3) is 2.11. The lowest BCUT2D eigenvalue weighted by Gasteiger charge is -2.34. The van der Waals surface area contributed by atoms with Gasteiger partial charge in [-0.15, -0.1) is 5.10 Å². The van der Waals surface area contributed by atoms with Gasteiger partial charge in [0.1, 0.15) is 6.04 Å². The van der Waals surface area contributed by atoms with Gasteiger partial charge in [-0.2, -0.15) is 5.10 Å². The summed E-state index contributed by atoms with van der Waals surface area (Å²) < 4.78 is 0. The van der Waals surface area contributed by atoms with Crippen molar-refractivity contribution < 1.29 is 9.90 Å². The van der Waals surface area contributed by atoms with Crippen LogP contribution in [0.3, 0.4) is 0 Å². The minimum absolute atomic E-state index is 0.435. The molecule has 0 bridgehead atoms. The average Bonchev–Trinajstić information content (AvgIpc) is 2.29. The van der Waals surface area contributed by atoms with Crippen LogP contribution in [-0.2, 0) is 4.79 Å². The van der Waals surface area contributed by atoms with E-state index in [0.717, 1.165) is 12.1 Å². The molecular weight excluding hydrogens is 208 g/mol. The highest BCUT2D eigenvalue weighted by molar-refractivity contribution is 5.78. The first kappa shape index (κ1) is 10.8. The van der Waals surface area contributed by atoms with Crippen LogP contribution < -0.4 is 10.2 Å². The Bertz CT molecular complexity index is 396. The van der Waals surface area contributed by atoms with E-state index in [9.17, 15) is 4.79 Å². The Kier molecular flexibility index (Phi) is 3.00. The smallest absolute Gasteiger partial charge is 0.327 e. The lowest BCUT2D eigenvalue weighted by molar-refractivity contribution is -0.138. The Morgan fingerprint density at radius 2 is 2.50 bits per heavy atom. The van der Waals surface area contributed by atoms with Gasteiger partial charge >= 0.3 is 5.97 Å². The Labute approximate surface area is 93.3 Å². The summed E-state index contributed by atoms with van der Waals surface area (Å²) >= 11 is 0. The van der Waals surface area contributed by atoms with Crippen LogP contribution in [0.25, 0.3) is 0 Å². The number of hydrogen-bond acceptors (Lipinski definition) is 5. The molecule has 86 valence electrons. The van der Waals surface area contributed by atoms with Crippen LogP contribution >= 0.6 is 0 Å². The number of aryl methyl sites for hydroxylation is 1. The highest BCUT2D eigenvalue weighted by Crippen LogP contribution is 2.15. The number of carboxylic acids is 1. The second-order valence-corrected chi connectivity index (χ2v) is 3.84. The van der Waals surface area contributed by atoms with Crippen LogP contribution in [0.1, 0.15) is 5.56 Å². The Morgan fingerprint density at radius 3 is 3.19 bits per heavy atom. The van der Waals surface area contributed by atoms with E-state index in [4.69, 9.17) is 5.11 Å². The van der Waals surface area contributed by atoms with E-state index in [1.54, 1.807) is 11.1 Å². The number of anilines is 1. The molecule has 0 amide bonds. The molecule has 0 aliphatic carbocycles. The zero-order valence-electron chi connectivity index (χ0n) is 9.05. The van der Waals surface area contributed by atoms with E-state index in [1.807, 2.05) is 13.0 Å². The summed E-state index contributed by atoms with van der Waals surface area (Å²) in [6.07, 6.45) is 1.65. The van der Waals surface area contributed by atoms with Gasteiger partial charge in [0.2, 0.25) is 0 Å². The third-order valence-electron chi connectivity index (χ3n) is 2.60. The molecule has 2 N–H and O–H groups in total. The molecule has 2 rings (SSSR count). The van der Waals surface area contributed by atoms with Gasteiger partial charge in [-0.05, 0) is 18.6 Å². The maximum Gasteiger partial charge on any atom is 0.327 e. The van der Waals surface area contributed by atoms with Gasteiger partial charge in [-0.3, -0.25) is 0 Å². The zero-order chi connectivity index (χ0) is 11.5. The van der Waals surface area contributed by atoms with Gasteiger partial charge in [0.15, 0.2) is 5.82 Å². The molecule has 1 aliphatic rings. The van der Waals surface area contributed by atoms with Crippen LogP contribution in [0, 0.1) is 6.92 Å². The van der Waals surface area contributed by atoms with Gasteiger partial charge in [0, 0.05) is 19.6 Å². The third-order valence-corrected chi connectivity index (χ3v) is 2.60. The number of aliphatic carboxylic acids is 1. The lowest BCUT2D eigenvalue weighted by atomic mass is 10.2. The second kappa shape index (κ2) is 4.44. The SMILES string of the molecule is Cc1cnnc(N2CCNCC2C(=O)O)c1. The fraction of sp³-hybridized carbons (Fsp3) is 0.500. The van der Waals surface area contributed by atoms with Crippen molar-refractivity contribution in [1.82, 2.24) is 15.5 Å². The summed E-state index contributed by atoms with van der Waals surface area (Å²) in [7, 11) is 0. The molecule has 6 nitrogen and oxygen atoms in total. The topological polar surface area (TPSA) is 78.4 Å². The van der Waals surface area contributed by atoms with Crippen molar-refractivity contribution in [2.24, 2.45) is 0 Å². The van der Waals surface area contributed by atoms with Crippen molar-refractivity contribution in [3.05, 3.63) is 17.8 Å². The van der Waals surface area contributed by atoms with Crippen LogP contribution in [0.4, 0.5) is 5.82 Å². The molecule has 2 heterocycles. The zero-order valence-corrected chi connectivity index (χ0v) is 9.05. The fourth-order valence-electron chi connectivity index (χ4n) is 1.79. The monoisotopic (exact) mass is 222 g/mol. The summed E-state index contributed by atoms with van der Waals surface area (Å²) in [5.41, 5.74) is 0.979. The first-order chi connectivity index (χ1) is 7.68. The van der Waals surface area contributed by atoms with E-state index in [-0.39, 0.29) is 0 Å². The van der Waals surface area contributed by atoms with Crippen LogP contribution in [0.5, 0.6) is 0 Å². The minimum Gasteiger partial charge on any atom is -0.480 e. The summed E-state index contributed by atoms with van der Waals surface area (Å²) in [5.74, 6) is -0.204. The number of piperazine rings is 1. The van der Waals surface area contributed by atoms with E-state index in [1.165, 1.54) is 0 Å². The predicted octanol–water partition coefficient (Wildman–Crippen LogP) is -0.352. The number of aromatic nitrogens is 2. The number of nitrogens with zero attached hydrogens (tertiary/aromatic N) is 3. The Morgan fingerprint density at radius 1 is 1.69 bits per heavy atom. The number of hydrogen-bond donors (Lipinski definition) is 2. The maximum absolute atomic E-state index is 11.1. The standard InChI is InChI=1S/C10H14N4O2/c1-7-4-9(13-12-5-7)14-3-2-11-6-8(14)10(15)16/h4-5,8,11H,2-3,6H2,1H3,(H,15,16). The average molecular weight is 222 g/mol. The first-order valence-corrected chi connectivity index (χ1v) is 5.18. The molecule has 0 saturated carbocycles. The molecule has 16 heavy (non-hydrogen) atoms. The second-order valence-electron chi connectivity index (χ2n) is 3.84. The molecular formula is C10H14N4O2. The maximum atomic E-state index is 11.1. The minimum atomic E-state index is -0.837. The molecule has 0 aromatic carbocycles. The predicted molar refractivity (Wildman–Crippen MR) is 58.4 cm³/mol. The molecule has 1 saturated heterocycles. The number of carboxylic acid groups (broad SMARTS) is 1. The van der Waals surface area contributed by atoms with Crippen molar-refractivity contribution in [1.29, 1.82) is 0 Å². The van der Waals surface area contributed by atoms with Gasteiger partial charge in [-0.25, -0.2) is 4.79 Å². The van der Waals surface area contributed by atoms with Crippen molar-refractivity contribution >= 4 is 11.8 Å². The van der Waals surface area contributed by atoms with Crippen molar-refractivity contribution in [2.75, 3.05) is 24.5 Å². The summed E-state index contributed by atoms with van der Waals surface area (Å²) in [6, 6.07) is 1.29. The molecule has 1 aliphatic heterocycles. The van der Waals surface area contributed by atoms with Crippen LogP contribution in [0.2, 0.25) is 0 Å². The Balaban J connectivity index is 2.26. The lowest BCUT2D eigenvalue weighted by Crippen LogP contribution is -2.55. The summed E-state index contributed by atoms with van der Waals surface area (Å²) in [6.45, 7) is 3.75. The molecule has 1 unspecified atom stereocenters. The molecule has 1 aromatic rings. The fourth-order valence-corrected chi connectivity index (χ4v) is 1.79. The van der Waals surface area contributed by atoms with Gasteiger partial charge in [-0.1, -0.05) is 0 Å². The number of rotatable bonds is 2. The van der Waals surface area contributed by atoms with Crippen molar-refractivity contribution in [3.8, 4) is 0 Å². The molecule has 0 radical (unpaired) electrons. The molecule has 1 aromatic heterocycles. The van der Waals surface area contributed by atoms with Gasteiger partial charge in [0.05, 0.1) is 6.20 Å². The highest BCUT2D eigenvalue weighted by Gasteiger charge is 2.29. The summed E-state index contributed by atoms with van der Waals surface area (Å²) in [5, 5.41) is 20.0. The molecule has 0 spiro atoms. The van der Waals surface area contributed by atoms with E-state index >= 15 is 0 Å². The molecule has 1 atom stereocenters. The van der Waals surface area contributed by atoms with Crippen LogP contribution in [0.15, 0.2) is 12.3 Å². The first-order valence-electron chi connectivity index (χ1n) is 5.18. The number of nitrogens with one attached hydrogen (secondary N) is 1. The largest absolute Gasteiger partial charge is 0.480 e. The van der Waals surface area contributed by atoms with Gasteiger partial charge < -0.3 is 15.3 Å². The van der Waals surface area contributed by atoms with E-state index < -0.39 is 12.0 Å². The Hall–Kier alpha value is -1.69. The van der Waals surface area contributed by atoms with E-state index in [0.29, 0.717) is 18.9 Å².